The van der Waals surface area contributed by atoms with Gasteiger partial charge in [-0.3, -0.25) is 0 Å². The van der Waals surface area contributed by atoms with Gasteiger partial charge in [-0.15, -0.1) is 0 Å². The van der Waals surface area contributed by atoms with Crippen LogP contribution in [0.1, 0.15) is 64.1 Å². The van der Waals surface area contributed by atoms with Gasteiger partial charge in [-0.1, -0.05) is 13.8 Å². The van der Waals surface area contributed by atoms with E-state index in [1.165, 1.54) is 25.7 Å². The average molecular weight is 275 g/mol. The zero-order chi connectivity index (χ0) is 14.1. The Morgan fingerprint density at radius 3 is 2.30 bits per heavy atom. The van der Waals surface area contributed by atoms with Crippen LogP contribution >= 0.6 is 0 Å². The van der Waals surface area contributed by atoms with Gasteiger partial charge in [0, 0.05) is 12.0 Å². The van der Waals surface area contributed by atoms with Gasteiger partial charge in [0.25, 0.3) is 0 Å². The number of hydrogen-bond donors (Lipinski definition) is 2. The first-order chi connectivity index (χ1) is 9.71. The van der Waals surface area contributed by atoms with Crippen LogP contribution in [0, 0.1) is 11.8 Å². The number of nitrogen functional groups attached to an aromatic ring is 1. The fraction of sp³-hybridized carbons (Fsp3) is 0.800. The van der Waals surface area contributed by atoms with Crippen molar-refractivity contribution in [1.82, 2.24) is 15.0 Å². The van der Waals surface area contributed by atoms with Gasteiger partial charge in [-0.25, -0.2) is 0 Å². The lowest BCUT2D eigenvalue weighted by Crippen LogP contribution is -2.23. The third-order valence-corrected chi connectivity index (χ3v) is 4.58. The van der Waals surface area contributed by atoms with Crippen LogP contribution in [0.3, 0.4) is 0 Å². The topological polar surface area (TPSA) is 76.7 Å². The molecule has 0 amide bonds. The second kappa shape index (κ2) is 5.54. The van der Waals surface area contributed by atoms with Crippen molar-refractivity contribution in [3.05, 3.63) is 5.82 Å². The Hall–Kier alpha value is -1.39. The van der Waals surface area contributed by atoms with Gasteiger partial charge in [0.15, 0.2) is 0 Å². The number of anilines is 2. The van der Waals surface area contributed by atoms with E-state index in [9.17, 15) is 0 Å². The molecule has 0 saturated heterocycles. The molecule has 0 aliphatic heterocycles. The van der Waals surface area contributed by atoms with E-state index in [4.69, 9.17) is 5.73 Å². The molecule has 2 fully saturated rings. The summed E-state index contributed by atoms with van der Waals surface area (Å²) in [6.07, 6.45) is 7.41. The minimum absolute atomic E-state index is 0.349. The molecule has 110 valence electrons. The molecule has 0 spiro atoms. The predicted molar refractivity (Wildman–Crippen MR) is 80.4 cm³/mol. The van der Waals surface area contributed by atoms with Crippen molar-refractivity contribution in [1.29, 1.82) is 0 Å². The SMILES string of the molecule is CCC(Nc1nc(N)nc(C(CC)C2CC2)n1)C1CC1. The minimum atomic E-state index is 0.349. The molecular weight excluding hydrogens is 250 g/mol. The summed E-state index contributed by atoms with van der Waals surface area (Å²) < 4.78 is 0. The molecule has 5 heteroatoms. The molecule has 0 aromatic carbocycles. The van der Waals surface area contributed by atoms with Crippen molar-refractivity contribution in [3.8, 4) is 0 Å². The first-order valence-corrected chi connectivity index (χ1v) is 7.99. The van der Waals surface area contributed by atoms with Crippen LogP contribution in [0.2, 0.25) is 0 Å². The van der Waals surface area contributed by atoms with Crippen molar-refractivity contribution in [3.63, 3.8) is 0 Å². The van der Waals surface area contributed by atoms with Crippen LogP contribution in [-0.4, -0.2) is 21.0 Å². The van der Waals surface area contributed by atoms with Gasteiger partial charge in [0.1, 0.15) is 5.82 Å². The summed E-state index contributed by atoms with van der Waals surface area (Å²) in [5, 5.41) is 3.47. The van der Waals surface area contributed by atoms with E-state index in [1.807, 2.05) is 0 Å². The second-order valence-electron chi connectivity index (χ2n) is 6.22. The summed E-state index contributed by atoms with van der Waals surface area (Å²) in [4.78, 5) is 13.3. The fourth-order valence-corrected chi connectivity index (χ4v) is 3.08. The van der Waals surface area contributed by atoms with Crippen molar-refractivity contribution < 1.29 is 0 Å². The van der Waals surface area contributed by atoms with Crippen LogP contribution in [0.4, 0.5) is 11.9 Å². The highest BCUT2D eigenvalue weighted by molar-refractivity contribution is 5.33. The van der Waals surface area contributed by atoms with E-state index < -0.39 is 0 Å². The summed E-state index contributed by atoms with van der Waals surface area (Å²) in [6.45, 7) is 4.41. The highest BCUT2D eigenvalue weighted by atomic mass is 15.2. The van der Waals surface area contributed by atoms with Crippen molar-refractivity contribution in [2.45, 2.75) is 64.3 Å². The lowest BCUT2D eigenvalue weighted by molar-refractivity contribution is 0.549. The Balaban J connectivity index is 1.78. The number of aromatic nitrogens is 3. The normalized spacial score (nSPS) is 21.5. The zero-order valence-corrected chi connectivity index (χ0v) is 12.5. The lowest BCUT2D eigenvalue weighted by Gasteiger charge is -2.18. The predicted octanol–water partition coefficient (Wildman–Crippen LogP) is 2.96. The number of hydrogen-bond acceptors (Lipinski definition) is 5. The first-order valence-electron chi connectivity index (χ1n) is 7.99. The maximum Gasteiger partial charge on any atom is 0.227 e. The summed E-state index contributed by atoms with van der Waals surface area (Å²) in [6, 6.07) is 0.477. The van der Waals surface area contributed by atoms with Crippen molar-refractivity contribution in [2.24, 2.45) is 11.8 Å². The molecule has 2 aliphatic rings. The number of nitrogens with two attached hydrogens (primary N) is 1. The van der Waals surface area contributed by atoms with Crippen LogP contribution in [-0.2, 0) is 0 Å². The zero-order valence-electron chi connectivity index (χ0n) is 12.5. The molecule has 1 aromatic rings. The smallest absolute Gasteiger partial charge is 0.227 e. The van der Waals surface area contributed by atoms with Gasteiger partial charge >= 0.3 is 0 Å². The van der Waals surface area contributed by atoms with E-state index in [0.29, 0.717) is 23.9 Å². The van der Waals surface area contributed by atoms with E-state index in [2.05, 4.69) is 34.1 Å². The van der Waals surface area contributed by atoms with E-state index in [0.717, 1.165) is 30.5 Å². The number of nitrogens with zero attached hydrogens (tertiary/aromatic N) is 3. The van der Waals surface area contributed by atoms with Gasteiger partial charge in [0.05, 0.1) is 0 Å². The molecular formula is C15H25N5. The van der Waals surface area contributed by atoms with Gasteiger partial charge in [-0.05, 0) is 50.4 Å². The van der Waals surface area contributed by atoms with E-state index in [1.54, 1.807) is 0 Å². The van der Waals surface area contributed by atoms with Crippen molar-refractivity contribution >= 4 is 11.9 Å². The highest BCUT2D eigenvalue weighted by Gasteiger charge is 2.34. The summed E-state index contributed by atoms with van der Waals surface area (Å²) in [5.41, 5.74) is 5.88. The summed E-state index contributed by atoms with van der Waals surface area (Å²) >= 11 is 0. The quantitative estimate of drug-likeness (QED) is 0.800. The highest BCUT2D eigenvalue weighted by Crippen LogP contribution is 2.43. The molecule has 3 rings (SSSR count). The maximum absolute atomic E-state index is 5.88. The van der Waals surface area contributed by atoms with Crippen LogP contribution in [0.15, 0.2) is 0 Å². The third-order valence-electron chi connectivity index (χ3n) is 4.58. The Labute approximate surface area is 120 Å². The van der Waals surface area contributed by atoms with Crippen LogP contribution in [0.25, 0.3) is 0 Å². The number of rotatable bonds is 7. The molecule has 3 N–H and O–H groups in total. The van der Waals surface area contributed by atoms with Gasteiger partial charge < -0.3 is 11.1 Å². The van der Waals surface area contributed by atoms with Crippen molar-refractivity contribution in [2.75, 3.05) is 11.1 Å². The largest absolute Gasteiger partial charge is 0.368 e. The summed E-state index contributed by atoms with van der Waals surface area (Å²) in [5.74, 6) is 3.89. The van der Waals surface area contributed by atoms with Crippen LogP contribution in [0.5, 0.6) is 0 Å². The molecule has 0 bridgehead atoms. The molecule has 2 unspecified atom stereocenters. The molecule has 1 heterocycles. The molecule has 2 aliphatic carbocycles. The molecule has 2 atom stereocenters. The standard InChI is InChI=1S/C15H25N5/c1-3-11(9-5-6-9)13-18-14(16)20-15(19-13)17-12(4-2)10-7-8-10/h9-12H,3-8H2,1-2H3,(H3,16,17,18,19,20). The van der Waals surface area contributed by atoms with Crippen LogP contribution < -0.4 is 11.1 Å². The molecule has 2 saturated carbocycles. The average Bonchev–Trinajstić information content (AvgIpc) is 3.27. The molecule has 5 nitrogen and oxygen atoms in total. The number of nitrogens with one attached hydrogen (secondary N) is 1. The Bertz CT molecular complexity index is 467. The molecule has 1 aromatic heterocycles. The minimum Gasteiger partial charge on any atom is -0.368 e. The molecule has 0 radical (unpaired) electrons. The fourth-order valence-electron chi connectivity index (χ4n) is 3.08. The van der Waals surface area contributed by atoms with Gasteiger partial charge in [-0.2, -0.15) is 15.0 Å². The Morgan fingerprint density at radius 1 is 1.05 bits per heavy atom. The second-order valence-corrected chi connectivity index (χ2v) is 6.22. The summed E-state index contributed by atoms with van der Waals surface area (Å²) in [7, 11) is 0. The first kappa shape index (κ1) is 13.6. The lowest BCUT2D eigenvalue weighted by atomic mass is 10.00. The molecule has 20 heavy (non-hydrogen) atoms. The van der Waals surface area contributed by atoms with E-state index in [-0.39, 0.29) is 0 Å². The third kappa shape index (κ3) is 3.02. The maximum atomic E-state index is 5.88. The Morgan fingerprint density at radius 2 is 1.75 bits per heavy atom. The van der Waals surface area contributed by atoms with E-state index >= 15 is 0 Å². The monoisotopic (exact) mass is 275 g/mol. The van der Waals surface area contributed by atoms with Gasteiger partial charge in [0.2, 0.25) is 11.9 Å². The Kier molecular flexibility index (Phi) is 3.76.